The molecule has 3 heteroatoms. The van der Waals surface area contributed by atoms with Crippen LogP contribution in [-0.2, 0) is 0 Å². The van der Waals surface area contributed by atoms with Gasteiger partial charge in [0.2, 0.25) is 0 Å². The Morgan fingerprint density at radius 3 is 2.28 bits per heavy atom. The third-order valence-electron chi connectivity index (χ3n) is 9.81. The van der Waals surface area contributed by atoms with Gasteiger partial charge in [-0.25, -0.2) is 0 Å². The Morgan fingerprint density at radius 1 is 0.938 bits per heavy atom. The van der Waals surface area contributed by atoms with Crippen LogP contribution in [-0.4, -0.2) is 53.7 Å². The minimum absolute atomic E-state index is 0.351. The molecule has 184 valence electrons. The molecule has 0 radical (unpaired) electrons. The summed E-state index contributed by atoms with van der Waals surface area (Å²) in [7, 11) is 2.34. The summed E-state index contributed by atoms with van der Waals surface area (Å²) in [5.74, 6) is 2.43. The quantitative estimate of drug-likeness (QED) is 0.425. The topological polar surface area (TPSA) is 26.7 Å². The predicted molar refractivity (Wildman–Crippen MR) is 136 cm³/mol. The van der Waals surface area contributed by atoms with Gasteiger partial charge in [0.15, 0.2) is 0 Å². The van der Waals surface area contributed by atoms with E-state index in [4.69, 9.17) is 0 Å². The van der Waals surface area contributed by atoms with Crippen molar-refractivity contribution in [2.24, 2.45) is 17.8 Å². The minimum Gasteiger partial charge on any atom is -0.390 e. The van der Waals surface area contributed by atoms with E-state index in [9.17, 15) is 5.11 Å². The molecule has 0 bridgehead atoms. The summed E-state index contributed by atoms with van der Waals surface area (Å²) in [6.45, 7) is 4.75. The van der Waals surface area contributed by atoms with Crippen LogP contribution in [0.3, 0.4) is 0 Å². The molecule has 0 aromatic rings. The highest BCUT2D eigenvalue weighted by atomic mass is 16.3. The zero-order valence-corrected chi connectivity index (χ0v) is 21.2. The molecule has 3 nitrogen and oxygen atoms in total. The zero-order valence-electron chi connectivity index (χ0n) is 21.2. The number of piperidine rings is 1. The Morgan fingerprint density at radius 2 is 1.62 bits per heavy atom. The van der Waals surface area contributed by atoms with E-state index in [1.807, 2.05) is 0 Å². The first-order chi connectivity index (χ1) is 15.6. The van der Waals surface area contributed by atoms with Crippen molar-refractivity contribution < 1.29 is 5.11 Å². The number of hydrogen-bond donors (Lipinski definition) is 1. The van der Waals surface area contributed by atoms with Crippen molar-refractivity contribution in [3.63, 3.8) is 0 Å². The van der Waals surface area contributed by atoms with Crippen LogP contribution in [0.15, 0.2) is 11.8 Å². The van der Waals surface area contributed by atoms with E-state index in [2.05, 4.69) is 22.9 Å². The largest absolute Gasteiger partial charge is 0.390 e. The van der Waals surface area contributed by atoms with Crippen LogP contribution in [0.2, 0.25) is 0 Å². The first-order valence-electron chi connectivity index (χ1n) is 14.5. The first-order valence-corrected chi connectivity index (χ1v) is 14.5. The highest BCUT2D eigenvalue weighted by Crippen LogP contribution is 2.39. The van der Waals surface area contributed by atoms with Gasteiger partial charge in [0.05, 0.1) is 5.60 Å². The number of nitrogens with zero attached hydrogens (tertiary/aromatic N) is 2. The van der Waals surface area contributed by atoms with Gasteiger partial charge >= 0.3 is 0 Å². The summed E-state index contributed by atoms with van der Waals surface area (Å²) in [4.78, 5) is 5.28. The molecule has 0 amide bonds. The molecule has 2 saturated carbocycles. The van der Waals surface area contributed by atoms with Crippen molar-refractivity contribution in [3.05, 3.63) is 11.8 Å². The Bertz CT molecular complexity index is 568. The Kier molecular flexibility index (Phi) is 9.41. The monoisotopic (exact) mass is 444 g/mol. The van der Waals surface area contributed by atoms with Crippen molar-refractivity contribution in [1.82, 2.24) is 9.80 Å². The van der Waals surface area contributed by atoms with Gasteiger partial charge < -0.3 is 14.9 Å². The van der Waals surface area contributed by atoms with Crippen molar-refractivity contribution in [2.45, 2.75) is 121 Å². The first kappa shape index (κ1) is 24.6. The Labute approximate surface area is 199 Å². The number of aliphatic hydroxyl groups is 1. The standard InChI is InChI=1S/C29H52N2O/c1-30(28-15-9-4-10-16-28)21-17-26(25-11-5-2-6-12-25)18-22-31-23-19-29(32,20-24-31)27-13-7-3-8-14-27/h15,25-27,32H,2-14,16-24H2,1H3. The van der Waals surface area contributed by atoms with Crippen LogP contribution < -0.4 is 0 Å². The molecule has 1 N–H and O–H groups in total. The fourth-order valence-corrected chi connectivity index (χ4v) is 7.45. The third kappa shape index (κ3) is 6.75. The minimum atomic E-state index is -0.351. The van der Waals surface area contributed by atoms with Crippen molar-refractivity contribution in [1.29, 1.82) is 0 Å². The highest BCUT2D eigenvalue weighted by Gasteiger charge is 2.40. The lowest BCUT2D eigenvalue weighted by molar-refractivity contribution is -0.0780. The lowest BCUT2D eigenvalue weighted by atomic mass is 9.72. The third-order valence-corrected chi connectivity index (χ3v) is 9.81. The van der Waals surface area contributed by atoms with Crippen LogP contribution in [0.1, 0.15) is 116 Å². The van der Waals surface area contributed by atoms with Gasteiger partial charge in [0.25, 0.3) is 0 Å². The molecular formula is C29H52N2O. The fourth-order valence-electron chi connectivity index (χ4n) is 7.45. The Balaban J connectivity index is 1.25. The van der Waals surface area contributed by atoms with Gasteiger partial charge in [-0.05, 0) is 88.5 Å². The molecule has 4 rings (SSSR count). The van der Waals surface area contributed by atoms with E-state index in [-0.39, 0.29) is 5.60 Å². The molecule has 1 aliphatic heterocycles. The summed E-state index contributed by atoms with van der Waals surface area (Å²) in [6, 6.07) is 0. The number of hydrogen-bond acceptors (Lipinski definition) is 3. The maximum Gasteiger partial charge on any atom is 0.0700 e. The number of likely N-dealkylation sites (tertiary alicyclic amines) is 1. The van der Waals surface area contributed by atoms with Crippen LogP contribution >= 0.6 is 0 Å². The molecule has 3 fully saturated rings. The van der Waals surface area contributed by atoms with Gasteiger partial charge in [-0.1, -0.05) is 57.4 Å². The summed E-state index contributed by atoms with van der Waals surface area (Å²) in [5, 5.41) is 11.3. The zero-order chi connectivity index (χ0) is 22.2. The SMILES string of the molecule is CN(CCC(CCN1CCC(O)(C2CCCCC2)CC1)C1CCCCC1)C1=CCCCC1. The molecule has 0 spiro atoms. The van der Waals surface area contributed by atoms with Gasteiger partial charge in [-0.15, -0.1) is 0 Å². The van der Waals surface area contributed by atoms with Crippen LogP contribution in [0, 0.1) is 17.8 Å². The van der Waals surface area contributed by atoms with Gasteiger partial charge in [-0.2, -0.15) is 0 Å². The molecule has 0 aromatic heterocycles. The molecule has 0 aromatic carbocycles. The lowest BCUT2D eigenvalue weighted by Crippen LogP contribution is -2.49. The van der Waals surface area contributed by atoms with Gasteiger partial charge in [-0.3, -0.25) is 0 Å². The van der Waals surface area contributed by atoms with E-state index in [1.54, 1.807) is 5.70 Å². The molecule has 1 atom stereocenters. The van der Waals surface area contributed by atoms with Crippen LogP contribution in [0.25, 0.3) is 0 Å². The molecule has 1 unspecified atom stereocenters. The van der Waals surface area contributed by atoms with E-state index < -0.39 is 0 Å². The molecule has 4 aliphatic rings. The van der Waals surface area contributed by atoms with E-state index in [0.29, 0.717) is 5.92 Å². The molecule has 1 heterocycles. The second kappa shape index (κ2) is 12.2. The summed E-state index contributed by atoms with van der Waals surface area (Å²) >= 11 is 0. The lowest BCUT2D eigenvalue weighted by Gasteiger charge is -2.45. The average Bonchev–Trinajstić information content (AvgIpc) is 2.86. The summed E-state index contributed by atoms with van der Waals surface area (Å²) < 4.78 is 0. The van der Waals surface area contributed by atoms with E-state index in [0.717, 1.165) is 37.8 Å². The maximum atomic E-state index is 11.3. The molecular weight excluding hydrogens is 392 g/mol. The predicted octanol–water partition coefficient (Wildman–Crippen LogP) is 6.76. The van der Waals surface area contributed by atoms with Gasteiger partial charge in [0, 0.05) is 32.4 Å². The van der Waals surface area contributed by atoms with E-state index in [1.165, 1.54) is 116 Å². The van der Waals surface area contributed by atoms with Crippen molar-refractivity contribution >= 4 is 0 Å². The summed E-state index contributed by atoms with van der Waals surface area (Å²) in [6.07, 6.45) is 26.5. The smallest absolute Gasteiger partial charge is 0.0700 e. The van der Waals surface area contributed by atoms with E-state index >= 15 is 0 Å². The van der Waals surface area contributed by atoms with Crippen molar-refractivity contribution in [2.75, 3.05) is 33.2 Å². The van der Waals surface area contributed by atoms with Crippen molar-refractivity contribution in [3.8, 4) is 0 Å². The molecule has 1 saturated heterocycles. The summed E-state index contributed by atoms with van der Waals surface area (Å²) in [5.41, 5.74) is 1.26. The molecule has 3 aliphatic carbocycles. The second-order valence-corrected chi connectivity index (χ2v) is 11.9. The Hall–Kier alpha value is -0.540. The fraction of sp³-hybridized carbons (Fsp3) is 0.931. The van der Waals surface area contributed by atoms with Crippen LogP contribution in [0.4, 0.5) is 0 Å². The second-order valence-electron chi connectivity index (χ2n) is 11.9. The van der Waals surface area contributed by atoms with Crippen LogP contribution in [0.5, 0.6) is 0 Å². The maximum absolute atomic E-state index is 11.3. The highest BCUT2D eigenvalue weighted by molar-refractivity contribution is 5.03. The molecule has 32 heavy (non-hydrogen) atoms. The number of allylic oxidation sites excluding steroid dienone is 2. The average molecular weight is 445 g/mol. The van der Waals surface area contributed by atoms with Gasteiger partial charge in [0.1, 0.15) is 0 Å². The number of rotatable bonds is 9. The normalized spacial score (nSPS) is 27.1.